The molecule has 134 valence electrons. The van der Waals surface area contributed by atoms with Crippen LogP contribution in [0.3, 0.4) is 0 Å². The number of aromatic nitrogens is 1. The highest BCUT2D eigenvalue weighted by Gasteiger charge is 2.12. The standard InChI is InChI=1S/C18H16BrN3O4/c1-10-3-5-13-12(7-10)17(18(24)20-13)22-21-16(23)9-26-14-6-4-11(19)8-15(14)25-2/h3-8,20,24H,9H2,1-2H3. The van der Waals surface area contributed by atoms with E-state index in [1.165, 1.54) is 7.11 Å². The maximum Gasteiger partial charge on any atom is 0.302 e. The smallest absolute Gasteiger partial charge is 0.302 e. The number of aromatic amines is 1. The Hall–Kier alpha value is -2.87. The highest BCUT2D eigenvalue weighted by molar-refractivity contribution is 9.10. The van der Waals surface area contributed by atoms with Gasteiger partial charge in [-0.15, -0.1) is 10.2 Å². The maximum atomic E-state index is 12.0. The van der Waals surface area contributed by atoms with Crippen LogP contribution >= 0.6 is 15.9 Å². The van der Waals surface area contributed by atoms with Crippen molar-refractivity contribution in [3.05, 3.63) is 46.4 Å². The molecule has 0 bridgehead atoms. The Balaban J connectivity index is 1.73. The Kier molecular flexibility index (Phi) is 5.22. The number of fused-ring (bicyclic) bond motifs is 1. The minimum Gasteiger partial charge on any atom is -0.493 e. The van der Waals surface area contributed by atoms with E-state index >= 15 is 0 Å². The number of aromatic hydroxyl groups is 1. The number of nitrogens with one attached hydrogen (secondary N) is 1. The number of ether oxygens (including phenoxy) is 2. The lowest BCUT2D eigenvalue weighted by Crippen LogP contribution is -2.08. The number of aryl methyl sites for hydroxylation is 1. The number of nitrogens with zero attached hydrogens (tertiary/aromatic N) is 2. The Morgan fingerprint density at radius 1 is 1.23 bits per heavy atom. The van der Waals surface area contributed by atoms with Gasteiger partial charge in [0.2, 0.25) is 5.88 Å². The van der Waals surface area contributed by atoms with Crippen molar-refractivity contribution in [2.75, 3.05) is 13.7 Å². The summed E-state index contributed by atoms with van der Waals surface area (Å²) < 4.78 is 11.5. The van der Waals surface area contributed by atoms with Crippen molar-refractivity contribution in [1.82, 2.24) is 4.98 Å². The van der Waals surface area contributed by atoms with E-state index < -0.39 is 5.91 Å². The third-order valence-corrected chi connectivity index (χ3v) is 4.14. The Morgan fingerprint density at radius 2 is 2.04 bits per heavy atom. The van der Waals surface area contributed by atoms with Crippen LogP contribution in [0, 0.1) is 6.92 Å². The van der Waals surface area contributed by atoms with E-state index in [0.29, 0.717) is 22.4 Å². The summed E-state index contributed by atoms with van der Waals surface area (Å²) in [5.74, 6) is 0.188. The monoisotopic (exact) mass is 417 g/mol. The molecule has 1 aromatic heterocycles. The summed E-state index contributed by atoms with van der Waals surface area (Å²) in [4.78, 5) is 14.8. The number of H-pyrrole nitrogens is 1. The molecule has 0 saturated carbocycles. The zero-order valence-electron chi connectivity index (χ0n) is 14.1. The van der Waals surface area contributed by atoms with Gasteiger partial charge in [0.25, 0.3) is 0 Å². The van der Waals surface area contributed by atoms with Crippen LogP contribution in [0.4, 0.5) is 5.69 Å². The molecule has 3 rings (SSSR count). The topological polar surface area (TPSA) is 96.3 Å². The van der Waals surface area contributed by atoms with Gasteiger partial charge in [-0.2, -0.15) is 0 Å². The number of hydrogen-bond donors (Lipinski definition) is 2. The molecule has 2 aromatic carbocycles. The van der Waals surface area contributed by atoms with Gasteiger partial charge in [0, 0.05) is 9.86 Å². The van der Waals surface area contributed by atoms with Crippen LogP contribution in [0.1, 0.15) is 5.56 Å². The molecule has 0 spiro atoms. The van der Waals surface area contributed by atoms with Crippen molar-refractivity contribution >= 4 is 38.4 Å². The van der Waals surface area contributed by atoms with Crippen LogP contribution in [0.25, 0.3) is 10.9 Å². The molecule has 0 aliphatic heterocycles. The predicted molar refractivity (Wildman–Crippen MR) is 100 cm³/mol. The van der Waals surface area contributed by atoms with Gasteiger partial charge in [-0.3, -0.25) is 4.79 Å². The summed E-state index contributed by atoms with van der Waals surface area (Å²) in [6, 6.07) is 10.8. The zero-order valence-corrected chi connectivity index (χ0v) is 15.7. The van der Waals surface area contributed by atoms with Crippen molar-refractivity contribution in [3.8, 4) is 17.4 Å². The van der Waals surface area contributed by atoms with Crippen LogP contribution in [-0.4, -0.2) is 29.7 Å². The van der Waals surface area contributed by atoms with Gasteiger partial charge in [0.15, 0.2) is 23.8 Å². The molecule has 0 atom stereocenters. The maximum absolute atomic E-state index is 12.0. The molecular weight excluding hydrogens is 402 g/mol. The normalized spacial score (nSPS) is 11.2. The van der Waals surface area contributed by atoms with Gasteiger partial charge in [-0.1, -0.05) is 27.6 Å². The molecule has 2 N–H and O–H groups in total. The van der Waals surface area contributed by atoms with E-state index in [4.69, 9.17) is 9.47 Å². The lowest BCUT2D eigenvalue weighted by molar-refractivity contribution is -0.120. The third kappa shape index (κ3) is 3.85. The molecule has 0 fully saturated rings. The first-order valence-corrected chi connectivity index (χ1v) is 8.49. The van der Waals surface area contributed by atoms with Gasteiger partial charge >= 0.3 is 5.91 Å². The minimum atomic E-state index is -0.587. The molecule has 1 amide bonds. The molecular formula is C18H16BrN3O4. The first-order valence-electron chi connectivity index (χ1n) is 7.70. The zero-order chi connectivity index (χ0) is 18.7. The molecule has 3 aromatic rings. The largest absolute Gasteiger partial charge is 0.493 e. The SMILES string of the molecule is COc1cc(Br)ccc1OCC(=O)N=Nc1c(O)[nH]c2ccc(C)cc12. The second-order valence-electron chi connectivity index (χ2n) is 5.55. The van der Waals surface area contributed by atoms with Crippen molar-refractivity contribution in [1.29, 1.82) is 0 Å². The van der Waals surface area contributed by atoms with E-state index in [1.807, 2.05) is 25.1 Å². The second kappa shape index (κ2) is 7.57. The van der Waals surface area contributed by atoms with Crippen molar-refractivity contribution in [2.45, 2.75) is 6.92 Å². The van der Waals surface area contributed by atoms with E-state index in [2.05, 4.69) is 31.1 Å². The number of carbonyl (C=O) groups excluding carboxylic acids is 1. The molecule has 26 heavy (non-hydrogen) atoms. The molecule has 0 aliphatic carbocycles. The fourth-order valence-corrected chi connectivity index (χ4v) is 2.75. The van der Waals surface area contributed by atoms with Gasteiger partial charge in [-0.25, -0.2) is 0 Å². The number of amides is 1. The van der Waals surface area contributed by atoms with E-state index in [0.717, 1.165) is 10.0 Å². The molecule has 1 heterocycles. The average molecular weight is 418 g/mol. The second-order valence-corrected chi connectivity index (χ2v) is 6.46. The third-order valence-electron chi connectivity index (χ3n) is 3.65. The number of carbonyl (C=O) groups is 1. The number of azo groups is 1. The summed E-state index contributed by atoms with van der Waals surface area (Å²) in [5, 5.41) is 18.2. The van der Waals surface area contributed by atoms with Crippen LogP contribution < -0.4 is 9.47 Å². The molecule has 0 unspecified atom stereocenters. The predicted octanol–water partition coefficient (Wildman–Crippen LogP) is 4.64. The number of hydrogen-bond acceptors (Lipinski definition) is 5. The molecule has 7 nitrogen and oxygen atoms in total. The summed E-state index contributed by atoms with van der Waals surface area (Å²) in [6.45, 7) is 1.62. The van der Waals surface area contributed by atoms with Gasteiger partial charge < -0.3 is 19.6 Å². The van der Waals surface area contributed by atoms with Crippen LogP contribution in [-0.2, 0) is 4.79 Å². The summed E-state index contributed by atoms with van der Waals surface area (Å²) in [7, 11) is 1.51. The first-order chi connectivity index (χ1) is 12.5. The van der Waals surface area contributed by atoms with Crippen LogP contribution in [0.5, 0.6) is 17.4 Å². The van der Waals surface area contributed by atoms with Gasteiger partial charge in [-0.05, 0) is 37.3 Å². The van der Waals surface area contributed by atoms with Crippen molar-refractivity contribution in [2.24, 2.45) is 10.2 Å². The van der Waals surface area contributed by atoms with E-state index in [1.54, 1.807) is 18.2 Å². The lowest BCUT2D eigenvalue weighted by atomic mass is 10.2. The Labute approximate surface area is 157 Å². The van der Waals surface area contributed by atoms with Crippen molar-refractivity contribution in [3.63, 3.8) is 0 Å². The van der Waals surface area contributed by atoms with Crippen molar-refractivity contribution < 1.29 is 19.4 Å². The first kappa shape index (κ1) is 17.9. The minimum absolute atomic E-state index is 0.141. The number of benzene rings is 2. The molecule has 0 saturated heterocycles. The Bertz CT molecular complexity index is 998. The van der Waals surface area contributed by atoms with Gasteiger partial charge in [0.05, 0.1) is 12.6 Å². The average Bonchev–Trinajstić information content (AvgIpc) is 2.93. The highest BCUT2D eigenvalue weighted by Crippen LogP contribution is 2.36. The molecule has 8 heteroatoms. The number of rotatable bonds is 5. The van der Waals surface area contributed by atoms with E-state index in [9.17, 15) is 9.90 Å². The van der Waals surface area contributed by atoms with Gasteiger partial charge in [0.1, 0.15) is 0 Å². The highest BCUT2D eigenvalue weighted by atomic mass is 79.9. The number of halogens is 1. The lowest BCUT2D eigenvalue weighted by Gasteiger charge is -2.09. The molecule has 0 radical (unpaired) electrons. The fraction of sp³-hybridized carbons (Fsp3) is 0.167. The van der Waals surface area contributed by atoms with Crippen LogP contribution in [0.15, 0.2) is 51.1 Å². The quantitative estimate of drug-likeness (QED) is 0.590. The number of methoxy groups -OCH3 is 1. The summed E-state index contributed by atoms with van der Waals surface area (Å²) in [5.41, 5.74) is 1.94. The summed E-state index contributed by atoms with van der Waals surface area (Å²) >= 11 is 3.33. The van der Waals surface area contributed by atoms with E-state index in [-0.39, 0.29) is 18.2 Å². The summed E-state index contributed by atoms with van der Waals surface area (Å²) in [6.07, 6.45) is 0. The molecule has 0 aliphatic rings. The fourth-order valence-electron chi connectivity index (χ4n) is 2.41. The van der Waals surface area contributed by atoms with Crippen LogP contribution in [0.2, 0.25) is 0 Å². The Morgan fingerprint density at radius 3 is 2.81 bits per heavy atom.